The van der Waals surface area contributed by atoms with E-state index in [1.807, 2.05) is 48.5 Å². The zero-order valence-corrected chi connectivity index (χ0v) is 21.3. The molecule has 2 unspecified atom stereocenters. The molecule has 3 aliphatic rings. The first kappa shape index (κ1) is 24.4. The molecule has 7 nitrogen and oxygen atoms in total. The van der Waals surface area contributed by atoms with Gasteiger partial charge in [-0.3, -0.25) is 9.59 Å². The van der Waals surface area contributed by atoms with Gasteiger partial charge in [-0.25, -0.2) is 0 Å². The highest BCUT2D eigenvalue weighted by atomic mass is 16.5. The number of nitrogens with one attached hydrogen (secondary N) is 2. The van der Waals surface area contributed by atoms with Crippen LogP contribution in [0.4, 0.5) is 11.4 Å². The number of fused-ring (bicyclic) bond motifs is 1. The summed E-state index contributed by atoms with van der Waals surface area (Å²) in [7, 11) is 1.64. The van der Waals surface area contributed by atoms with Crippen molar-refractivity contribution in [3.63, 3.8) is 0 Å². The van der Waals surface area contributed by atoms with E-state index in [9.17, 15) is 9.59 Å². The molecule has 0 radical (unpaired) electrons. The van der Waals surface area contributed by atoms with E-state index < -0.39 is 6.04 Å². The minimum atomic E-state index is -0.427. The molecule has 1 fully saturated rings. The maximum atomic E-state index is 13.7. The summed E-state index contributed by atoms with van der Waals surface area (Å²) < 4.78 is 11.2. The van der Waals surface area contributed by atoms with E-state index in [0.717, 1.165) is 54.1 Å². The summed E-state index contributed by atoms with van der Waals surface area (Å²) in [6.45, 7) is 5.62. The van der Waals surface area contributed by atoms with Crippen LogP contribution in [0.5, 0.6) is 5.75 Å². The van der Waals surface area contributed by atoms with Crippen molar-refractivity contribution < 1.29 is 19.1 Å². The number of allylic oxidation sites excluding steroid dienone is 1. The second-order valence-corrected chi connectivity index (χ2v) is 10.7. The van der Waals surface area contributed by atoms with Crippen LogP contribution in [0.3, 0.4) is 0 Å². The van der Waals surface area contributed by atoms with Gasteiger partial charge in [0, 0.05) is 30.8 Å². The average Bonchev–Trinajstić information content (AvgIpc) is 3.33. The Kier molecular flexibility index (Phi) is 6.75. The zero-order valence-electron chi connectivity index (χ0n) is 21.3. The number of nitrogens with zero attached hydrogens (tertiary/aromatic N) is 1. The monoisotopic (exact) mass is 489 g/mol. The van der Waals surface area contributed by atoms with E-state index in [-0.39, 0.29) is 29.8 Å². The molecule has 2 aliphatic heterocycles. The summed E-state index contributed by atoms with van der Waals surface area (Å²) in [5.74, 6) is 0.728. The quantitative estimate of drug-likeness (QED) is 0.617. The smallest absolute Gasteiger partial charge is 0.239 e. The van der Waals surface area contributed by atoms with E-state index in [2.05, 4.69) is 29.4 Å². The van der Waals surface area contributed by atoms with Crippen LogP contribution in [0.15, 0.2) is 59.8 Å². The molecule has 7 heteroatoms. The number of methoxy groups -OCH3 is 1. The molecule has 1 aliphatic carbocycles. The Morgan fingerprint density at radius 3 is 2.81 bits per heavy atom. The van der Waals surface area contributed by atoms with Gasteiger partial charge in [-0.2, -0.15) is 0 Å². The van der Waals surface area contributed by atoms with Crippen LogP contribution < -0.4 is 20.3 Å². The summed E-state index contributed by atoms with van der Waals surface area (Å²) in [5, 5.41) is 6.65. The fourth-order valence-corrected chi connectivity index (χ4v) is 5.63. The maximum Gasteiger partial charge on any atom is 0.239 e. The molecule has 0 bridgehead atoms. The van der Waals surface area contributed by atoms with Crippen molar-refractivity contribution in [3.05, 3.63) is 65.4 Å². The molecule has 5 rings (SSSR count). The lowest BCUT2D eigenvalue weighted by molar-refractivity contribution is -0.121. The van der Waals surface area contributed by atoms with E-state index in [4.69, 9.17) is 9.47 Å². The molecule has 0 aromatic heterocycles. The number of carbonyl (C=O) groups excluding carboxylic acids is 2. The Labute approximate surface area is 212 Å². The van der Waals surface area contributed by atoms with E-state index in [1.54, 1.807) is 7.11 Å². The van der Waals surface area contributed by atoms with Gasteiger partial charge in [0.2, 0.25) is 5.91 Å². The topological polar surface area (TPSA) is 79.9 Å². The zero-order chi connectivity index (χ0) is 25.3. The van der Waals surface area contributed by atoms with Crippen LogP contribution in [0.2, 0.25) is 0 Å². The van der Waals surface area contributed by atoms with Crippen molar-refractivity contribution in [3.8, 4) is 5.75 Å². The van der Waals surface area contributed by atoms with Crippen molar-refractivity contribution >= 4 is 23.1 Å². The summed E-state index contributed by atoms with van der Waals surface area (Å²) in [6, 6.07) is 15.3. The van der Waals surface area contributed by atoms with Gasteiger partial charge >= 0.3 is 0 Å². The number of benzene rings is 2. The molecule has 0 saturated carbocycles. The number of para-hydroxylation sites is 2. The maximum absolute atomic E-state index is 13.7. The van der Waals surface area contributed by atoms with Gasteiger partial charge in [0.15, 0.2) is 5.78 Å². The predicted octanol–water partition coefficient (Wildman–Crippen LogP) is 4.61. The SMILES string of the molecule is COc1cccc(C2C3=C(CC(C)(C)CC3=O)Nc3ccccc3N2CC(=O)NCC2CCCO2)c1. The number of amides is 1. The number of carbonyl (C=O) groups is 2. The van der Waals surface area contributed by atoms with E-state index in [0.29, 0.717) is 18.7 Å². The molecular formula is C29H35N3O4. The third-order valence-corrected chi connectivity index (χ3v) is 7.28. The Hall–Kier alpha value is -3.32. The van der Waals surface area contributed by atoms with Crippen LogP contribution in [0, 0.1) is 5.41 Å². The van der Waals surface area contributed by atoms with Crippen molar-refractivity contribution in [1.82, 2.24) is 5.32 Å². The van der Waals surface area contributed by atoms with E-state index in [1.165, 1.54) is 0 Å². The number of hydrogen-bond acceptors (Lipinski definition) is 6. The molecule has 2 N–H and O–H groups in total. The van der Waals surface area contributed by atoms with Crippen LogP contribution >= 0.6 is 0 Å². The second-order valence-electron chi connectivity index (χ2n) is 10.7. The van der Waals surface area contributed by atoms with Crippen LogP contribution in [-0.4, -0.2) is 44.6 Å². The lowest BCUT2D eigenvalue weighted by atomic mass is 9.73. The molecule has 2 atom stereocenters. The molecule has 1 amide bonds. The number of anilines is 2. The average molecular weight is 490 g/mol. The summed E-state index contributed by atoms with van der Waals surface area (Å²) in [5.41, 5.74) is 4.21. The number of ether oxygens (including phenoxy) is 2. The second kappa shape index (κ2) is 9.97. The van der Waals surface area contributed by atoms with Crippen molar-refractivity contribution in [2.75, 3.05) is 37.0 Å². The Balaban J connectivity index is 1.59. The number of rotatable bonds is 6. The lowest BCUT2D eigenvalue weighted by Crippen LogP contribution is -2.43. The molecule has 190 valence electrons. The van der Waals surface area contributed by atoms with Gasteiger partial charge in [0.1, 0.15) is 5.75 Å². The highest BCUT2D eigenvalue weighted by molar-refractivity contribution is 6.01. The van der Waals surface area contributed by atoms with Crippen LogP contribution in [0.25, 0.3) is 0 Å². The number of ketones is 1. The van der Waals surface area contributed by atoms with Gasteiger partial charge in [-0.05, 0) is 54.5 Å². The fraction of sp³-hybridized carbons (Fsp3) is 0.448. The van der Waals surface area contributed by atoms with Gasteiger partial charge in [0.25, 0.3) is 0 Å². The minimum absolute atomic E-state index is 0.0673. The molecule has 2 aromatic carbocycles. The van der Waals surface area contributed by atoms with Gasteiger partial charge in [-0.15, -0.1) is 0 Å². The minimum Gasteiger partial charge on any atom is -0.497 e. The Bertz CT molecular complexity index is 1180. The van der Waals surface area contributed by atoms with Crippen LogP contribution in [-0.2, 0) is 14.3 Å². The normalized spacial score (nSPS) is 22.9. The third kappa shape index (κ3) is 4.98. The fourth-order valence-electron chi connectivity index (χ4n) is 5.63. The lowest BCUT2D eigenvalue weighted by Gasteiger charge is -2.38. The molecule has 0 spiro atoms. The summed E-state index contributed by atoms with van der Waals surface area (Å²) >= 11 is 0. The number of hydrogen-bond donors (Lipinski definition) is 2. The van der Waals surface area contributed by atoms with E-state index >= 15 is 0 Å². The molecule has 1 saturated heterocycles. The van der Waals surface area contributed by atoms with Crippen molar-refractivity contribution in [2.45, 2.75) is 51.7 Å². The Morgan fingerprint density at radius 1 is 1.19 bits per heavy atom. The third-order valence-electron chi connectivity index (χ3n) is 7.28. The number of Topliss-reactive ketones (excluding diaryl/α,β-unsaturated/α-hetero) is 1. The standard InChI is InChI=1S/C29H35N3O4/c1-29(2)15-23-27(25(33)16-29)28(19-8-6-9-20(14-19)35-3)32(24-12-5-4-11-22(24)31-23)18-26(34)30-17-21-10-7-13-36-21/h4-6,8-9,11-12,14,21,28,31H,7,10,13,15-18H2,1-3H3,(H,30,34). The first-order valence-electron chi connectivity index (χ1n) is 12.8. The summed E-state index contributed by atoms with van der Waals surface area (Å²) in [6.07, 6.45) is 3.27. The predicted molar refractivity (Wildman–Crippen MR) is 140 cm³/mol. The van der Waals surface area contributed by atoms with Gasteiger partial charge in [0.05, 0.1) is 37.2 Å². The van der Waals surface area contributed by atoms with Gasteiger partial charge in [-0.1, -0.05) is 38.1 Å². The van der Waals surface area contributed by atoms with Crippen molar-refractivity contribution in [1.29, 1.82) is 0 Å². The Morgan fingerprint density at radius 2 is 2.03 bits per heavy atom. The van der Waals surface area contributed by atoms with Crippen molar-refractivity contribution in [2.24, 2.45) is 5.41 Å². The summed E-state index contributed by atoms with van der Waals surface area (Å²) in [4.78, 5) is 29.1. The molecular weight excluding hydrogens is 454 g/mol. The molecule has 36 heavy (non-hydrogen) atoms. The first-order valence-corrected chi connectivity index (χ1v) is 12.8. The highest BCUT2D eigenvalue weighted by Gasteiger charge is 2.42. The highest BCUT2D eigenvalue weighted by Crippen LogP contribution is 2.48. The molecule has 2 heterocycles. The first-order chi connectivity index (χ1) is 17.3. The molecule has 2 aromatic rings. The van der Waals surface area contributed by atoms with Crippen LogP contribution in [0.1, 0.15) is 51.1 Å². The van der Waals surface area contributed by atoms with Gasteiger partial charge < -0.3 is 25.0 Å². The largest absolute Gasteiger partial charge is 0.497 e.